The van der Waals surface area contributed by atoms with Crippen molar-refractivity contribution in [1.82, 2.24) is 5.43 Å². The van der Waals surface area contributed by atoms with Crippen molar-refractivity contribution in [3.63, 3.8) is 0 Å². The molecule has 0 aliphatic carbocycles. The molecule has 0 fully saturated rings. The summed E-state index contributed by atoms with van der Waals surface area (Å²) in [6.07, 6.45) is 2.30. The molecule has 0 unspecified atom stereocenters. The molecule has 3 aromatic carbocycles. The average Bonchev–Trinajstić information content (AvgIpc) is 2.84. The topological polar surface area (TPSA) is 89.0 Å². The molecule has 8 heteroatoms. The van der Waals surface area contributed by atoms with Crippen LogP contribution in [0, 0.1) is 0 Å². The number of aryl methyl sites for hydroxylation is 1. The minimum absolute atomic E-state index is 0.354. The van der Waals surface area contributed by atoms with Crippen molar-refractivity contribution in [3.05, 3.63) is 88.4 Å². The lowest BCUT2D eigenvalue weighted by Gasteiger charge is -2.11. The summed E-state index contributed by atoms with van der Waals surface area (Å²) in [5.41, 5.74) is 5.51. The van der Waals surface area contributed by atoms with Gasteiger partial charge in [-0.05, 0) is 65.6 Å². The zero-order valence-electron chi connectivity index (χ0n) is 18.3. The van der Waals surface area contributed by atoms with Crippen molar-refractivity contribution in [2.75, 3.05) is 12.4 Å². The molecule has 170 valence electrons. The van der Waals surface area contributed by atoms with Crippen molar-refractivity contribution in [3.8, 4) is 11.5 Å². The maximum absolute atomic E-state index is 12.0. The number of benzene rings is 3. The maximum atomic E-state index is 12.0. The van der Waals surface area contributed by atoms with Crippen LogP contribution >= 0.6 is 11.6 Å². The van der Waals surface area contributed by atoms with Gasteiger partial charge in [-0.3, -0.25) is 9.59 Å². The highest BCUT2D eigenvalue weighted by molar-refractivity contribution is 6.39. The normalized spacial score (nSPS) is 10.6. The Morgan fingerprint density at radius 1 is 0.939 bits per heavy atom. The minimum atomic E-state index is -0.874. The predicted molar refractivity (Wildman–Crippen MR) is 129 cm³/mol. The molecule has 33 heavy (non-hydrogen) atoms. The molecule has 0 aromatic heterocycles. The lowest BCUT2D eigenvalue weighted by Crippen LogP contribution is -2.32. The van der Waals surface area contributed by atoms with Crippen LogP contribution in [0.1, 0.15) is 23.6 Å². The molecule has 0 saturated heterocycles. The fraction of sp³-hybridized carbons (Fsp3) is 0.160. The van der Waals surface area contributed by atoms with Crippen LogP contribution in [0.25, 0.3) is 0 Å². The molecule has 7 nitrogen and oxygen atoms in total. The third-order valence-corrected chi connectivity index (χ3v) is 4.95. The molecule has 2 amide bonds. The van der Waals surface area contributed by atoms with Crippen molar-refractivity contribution in [1.29, 1.82) is 0 Å². The summed E-state index contributed by atoms with van der Waals surface area (Å²) in [6.45, 7) is 2.39. The Labute approximate surface area is 197 Å². The molecular weight excluding hydrogens is 442 g/mol. The number of hydrazone groups is 1. The summed E-state index contributed by atoms with van der Waals surface area (Å²) in [4.78, 5) is 24.0. The molecule has 0 atom stereocenters. The fourth-order valence-electron chi connectivity index (χ4n) is 2.85. The van der Waals surface area contributed by atoms with Gasteiger partial charge in [-0.1, -0.05) is 42.8 Å². The zero-order chi connectivity index (χ0) is 23.6. The van der Waals surface area contributed by atoms with Crippen molar-refractivity contribution in [2.24, 2.45) is 5.10 Å². The first-order valence-corrected chi connectivity index (χ1v) is 10.6. The molecule has 0 bridgehead atoms. The Morgan fingerprint density at radius 3 is 2.30 bits per heavy atom. The molecule has 3 rings (SSSR count). The third kappa shape index (κ3) is 7.08. The molecule has 2 N–H and O–H groups in total. The van der Waals surface area contributed by atoms with Gasteiger partial charge in [-0.2, -0.15) is 5.10 Å². The van der Waals surface area contributed by atoms with Gasteiger partial charge < -0.3 is 14.8 Å². The summed E-state index contributed by atoms with van der Waals surface area (Å²) in [7, 11) is 1.53. The first-order chi connectivity index (χ1) is 16.0. The average molecular weight is 466 g/mol. The number of anilines is 1. The van der Waals surface area contributed by atoms with Crippen LogP contribution in [0.2, 0.25) is 5.02 Å². The standard InChI is InChI=1S/C25H24ClN3O4/c1-3-17-6-11-21(12-7-17)28-24(30)25(31)29-27-15-19-8-13-22(23(14-19)32-2)33-16-18-4-9-20(26)10-5-18/h4-15H,3,16H2,1-2H3,(H,28,30)(H,29,31)/b27-15-. The van der Waals surface area contributed by atoms with E-state index >= 15 is 0 Å². The van der Waals surface area contributed by atoms with E-state index < -0.39 is 11.8 Å². The Balaban J connectivity index is 1.54. The van der Waals surface area contributed by atoms with E-state index in [1.807, 2.05) is 31.2 Å². The van der Waals surface area contributed by atoms with Gasteiger partial charge in [-0.15, -0.1) is 0 Å². The summed E-state index contributed by atoms with van der Waals surface area (Å²) >= 11 is 5.90. The lowest BCUT2D eigenvalue weighted by molar-refractivity contribution is -0.136. The first-order valence-electron chi connectivity index (χ1n) is 10.3. The van der Waals surface area contributed by atoms with E-state index in [0.717, 1.165) is 17.5 Å². The summed E-state index contributed by atoms with van der Waals surface area (Å²) < 4.78 is 11.2. The Bertz CT molecular complexity index is 1130. The molecule has 0 saturated carbocycles. The second-order valence-corrected chi connectivity index (χ2v) is 7.47. The predicted octanol–water partition coefficient (Wildman–Crippen LogP) is 4.58. The first kappa shape index (κ1) is 23.8. The highest BCUT2D eigenvalue weighted by Crippen LogP contribution is 2.28. The number of amides is 2. The molecule has 0 radical (unpaired) electrons. The number of carbonyl (C=O) groups excluding carboxylic acids is 2. The molecule has 3 aromatic rings. The van der Waals surface area contributed by atoms with Gasteiger partial charge in [0.2, 0.25) is 0 Å². The van der Waals surface area contributed by atoms with Crippen LogP contribution in [-0.4, -0.2) is 25.1 Å². The van der Waals surface area contributed by atoms with E-state index in [4.69, 9.17) is 21.1 Å². The second kappa shape index (κ2) is 11.7. The highest BCUT2D eigenvalue weighted by atomic mass is 35.5. The molecule has 0 spiro atoms. The number of rotatable bonds is 8. The summed E-state index contributed by atoms with van der Waals surface area (Å²) in [5, 5.41) is 7.04. The Kier molecular flexibility index (Phi) is 8.43. The van der Waals surface area contributed by atoms with Crippen LogP contribution in [0.15, 0.2) is 71.8 Å². The van der Waals surface area contributed by atoms with Crippen LogP contribution in [-0.2, 0) is 22.6 Å². The monoisotopic (exact) mass is 465 g/mol. The Morgan fingerprint density at radius 2 is 1.64 bits per heavy atom. The van der Waals surface area contributed by atoms with Crippen LogP contribution in [0.4, 0.5) is 5.69 Å². The fourth-order valence-corrected chi connectivity index (χ4v) is 2.98. The Hall–Kier alpha value is -3.84. The van der Waals surface area contributed by atoms with E-state index in [-0.39, 0.29) is 0 Å². The number of methoxy groups -OCH3 is 1. The third-order valence-electron chi connectivity index (χ3n) is 4.70. The van der Waals surface area contributed by atoms with E-state index in [0.29, 0.717) is 34.4 Å². The van der Waals surface area contributed by atoms with E-state index in [9.17, 15) is 9.59 Å². The number of nitrogens with one attached hydrogen (secondary N) is 2. The SMILES string of the molecule is CCc1ccc(NC(=O)C(=O)N/N=C\c2ccc(OCc3ccc(Cl)cc3)c(OC)c2)cc1. The number of ether oxygens (including phenoxy) is 2. The largest absolute Gasteiger partial charge is 0.493 e. The van der Waals surface area contributed by atoms with E-state index in [2.05, 4.69) is 15.8 Å². The summed E-state index contributed by atoms with van der Waals surface area (Å²) in [5.74, 6) is -0.616. The number of halogens is 1. The number of carbonyl (C=O) groups is 2. The van der Waals surface area contributed by atoms with Gasteiger partial charge in [0, 0.05) is 10.7 Å². The second-order valence-electron chi connectivity index (χ2n) is 7.03. The maximum Gasteiger partial charge on any atom is 0.329 e. The zero-order valence-corrected chi connectivity index (χ0v) is 19.1. The van der Waals surface area contributed by atoms with Gasteiger partial charge in [0.1, 0.15) is 6.61 Å². The summed E-state index contributed by atoms with van der Waals surface area (Å²) in [6, 6.07) is 19.8. The van der Waals surface area contributed by atoms with Crippen LogP contribution < -0.4 is 20.2 Å². The van der Waals surface area contributed by atoms with Gasteiger partial charge in [-0.25, -0.2) is 5.43 Å². The highest BCUT2D eigenvalue weighted by Gasteiger charge is 2.13. The van der Waals surface area contributed by atoms with Crippen LogP contribution in [0.3, 0.4) is 0 Å². The van der Waals surface area contributed by atoms with Crippen molar-refractivity contribution in [2.45, 2.75) is 20.0 Å². The van der Waals surface area contributed by atoms with Crippen LogP contribution in [0.5, 0.6) is 11.5 Å². The lowest BCUT2D eigenvalue weighted by atomic mass is 10.1. The molecule has 0 aliphatic heterocycles. The van der Waals surface area contributed by atoms with Gasteiger partial charge in [0.15, 0.2) is 11.5 Å². The molecule has 0 aliphatic rings. The number of nitrogens with zero attached hydrogens (tertiary/aromatic N) is 1. The smallest absolute Gasteiger partial charge is 0.329 e. The van der Waals surface area contributed by atoms with E-state index in [1.54, 1.807) is 42.5 Å². The van der Waals surface area contributed by atoms with Crippen molar-refractivity contribution < 1.29 is 19.1 Å². The van der Waals surface area contributed by atoms with Crippen molar-refractivity contribution >= 4 is 35.3 Å². The number of hydrogen-bond donors (Lipinski definition) is 2. The molecular formula is C25H24ClN3O4. The van der Waals surface area contributed by atoms with E-state index in [1.165, 1.54) is 13.3 Å². The minimum Gasteiger partial charge on any atom is -0.493 e. The van der Waals surface area contributed by atoms with Gasteiger partial charge in [0.25, 0.3) is 0 Å². The van der Waals surface area contributed by atoms with Gasteiger partial charge in [0.05, 0.1) is 13.3 Å². The number of hydrogen-bond acceptors (Lipinski definition) is 5. The van der Waals surface area contributed by atoms with Gasteiger partial charge >= 0.3 is 11.8 Å². The molecule has 0 heterocycles. The quantitative estimate of drug-likeness (QED) is 0.289.